The lowest BCUT2D eigenvalue weighted by Crippen LogP contribution is -2.40. The van der Waals surface area contributed by atoms with Crippen molar-refractivity contribution in [2.75, 3.05) is 19.7 Å². The fraction of sp³-hybridized carbons (Fsp3) is 0.923. The van der Waals surface area contributed by atoms with E-state index in [9.17, 15) is 4.79 Å². The molecule has 1 fully saturated rings. The Morgan fingerprint density at radius 1 is 1.47 bits per heavy atom. The van der Waals surface area contributed by atoms with E-state index in [4.69, 9.17) is 10.8 Å². The molecule has 0 aromatic rings. The van der Waals surface area contributed by atoms with E-state index in [-0.39, 0.29) is 23.8 Å². The summed E-state index contributed by atoms with van der Waals surface area (Å²) in [4.78, 5) is 12.0. The first-order chi connectivity index (χ1) is 8.00. The maximum atomic E-state index is 12.0. The molecule has 1 aliphatic rings. The van der Waals surface area contributed by atoms with Gasteiger partial charge in [0, 0.05) is 19.1 Å². The number of amides is 1. The van der Waals surface area contributed by atoms with E-state index in [0.717, 1.165) is 19.3 Å². The lowest BCUT2D eigenvalue weighted by molar-refractivity contribution is -0.126. The molecule has 0 aromatic heterocycles. The summed E-state index contributed by atoms with van der Waals surface area (Å²) < 4.78 is 0. The molecule has 0 bridgehead atoms. The number of hydrogen-bond donors (Lipinski definition) is 3. The number of carbonyl (C=O) groups excluding carboxylic acids is 1. The normalized spacial score (nSPS) is 24.9. The Morgan fingerprint density at radius 3 is 2.76 bits per heavy atom. The van der Waals surface area contributed by atoms with Crippen molar-refractivity contribution in [3.63, 3.8) is 0 Å². The molecule has 0 aromatic carbocycles. The Hall–Kier alpha value is -0.610. The van der Waals surface area contributed by atoms with Crippen molar-refractivity contribution >= 4 is 5.91 Å². The molecule has 0 saturated heterocycles. The van der Waals surface area contributed by atoms with Gasteiger partial charge in [-0.3, -0.25) is 4.79 Å². The fourth-order valence-corrected chi connectivity index (χ4v) is 2.51. The summed E-state index contributed by atoms with van der Waals surface area (Å²) in [5.74, 6) is 0.602. The summed E-state index contributed by atoms with van der Waals surface area (Å²) >= 11 is 0. The Kier molecular flexibility index (Phi) is 5.40. The van der Waals surface area contributed by atoms with Gasteiger partial charge in [-0.25, -0.2) is 0 Å². The quantitative estimate of drug-likeness (QED) is 0.647. The van der Waals surface area contributed by atoms with Crippen LogP contribution in [0.2, 0.25) is 0 Å². The van der Waals surface area contributed by atoms with Crippen molar-refractivity contribution in [2.45, 2.75) is 39.5 Å². The Labute approximate surface area is 104 Å². The molecule has 4 N–H and O–H groups in total. The smallest absolute Gasteiger partial charge is 0.223 e. The van der Waals surface area contributed by atoms with E-state index in [1.165, 1.54) is 0 Å². The number of rotatable bonds is 6. The molecule has 1 amide bonds. The SMILES string of the molecule is CC(C)(CCO)CNC(=O)C1CCCC1CN. The molecule has 2 unspecified atom stereocenters. The second kappa shape index (κ2) is 6.36. The van der Waals surface area contributed by atoms with Crippen molar-refractivity contribution < 1.29 is 9.90 Å². The predicted molar refractivity (Wildman–Crippen MR) is 68.4 cm³/mol. The topological polar surface area (TPSA) is 75.3 Å². The van der Waals surface area contributed by atoms with Crippen molar-refractivity contribution in [2.24, 2.45) is 23.0 Å². The van der Waals surface area contributed by atoms with E-state index >= 15 is 0 Å². The number of carbonyl (C=O) groups is 1. The zero-order chi connectivity index (χ0) is 12.9. The van der Waals surface area contributed by atoms with Crippen LogP contribution in [-0.4, -0.2) is 30.7 Å². The highest BCUT2D eigenvalue weighted by Gasteiger charge is 2.32. The van der Waals surface area contributed by atoms with Crippen LogP contribution in [0.15, 0.2) is 0 Å². The van der Waals surface area contributed by atoms with Crippen molar-refractivity contribution in [3.05, 3.63) is 0 Å². The first-order valence-electron chi connectivity index (χ1n) is 6.59. The summed E-state index contributed by atoms with van der Waals surface area (Å²) in [5.41, 5.74) is 5.64. The Morgan fingerprint density at radius 2 is 2.18 bits per heavy atom. The molecule has 4 nitrogen and oxygen atoms in total. The van der Waals surface area contributed by atoms with E-state index in [1.54, 1.807) is 0 Å². The molecule has 100 valence electrons. The van der Waals surface area contributed by atoms with Gasteiger partial charge in [-0.05, 0) is 37.1 Å². The van der Waals surface area contributed by atoms with Crippen molar-refractivity contribution in [1.82, 2.24) is 5.32 Å². The zero-order valence-electron chi connectivity index (χ0n) is 11.0. The molecule has 4 heteroatoms. The highest BCUT2D eigenvalue weighted by atomic mass is 16.3. The maximum absolute atomic E-state index is 12.0. The lowest BCUT2D eigenvalue weighted by Gasteiger charge is -2.26. The molecule has 1 aliphatic carbocycles. The van der Waals surface area contributed by atoms with Gasteiger partial charge in [0.1, 0.15) is 0 Å². The van der Waals surface area contributed by atoms with Crippen LogP contribution in [0.25, 0.3) is 0 Å². The number of hydrogen-bond acceptors (Lipinski definition) is 3. The number of nitrogens with two attached hydrogens (primary N) is 1. The minimum Gasteiger partial charge on any atom is -0.396 e. The van der Waals surface area contributed by atoms with Gasteiger partial charge in [-0.15, -0.1) is 0 Å². The summed E-state index contributed by atoms with van der Waals surface area (Å²) in [7, 11) is 0. The molecule has 0 aliphatic heterocycles. The predicted octanol–water partition coefficient (Wildman–Crippen LogP) is 0.886. The molecular formula is C13H26N2O2. The summed E-state index contributed by atoms with van der Waals surface area (Å²) in [6.45, 7) is 5.51. The van der Waals surface area contributed by atoms with Crippen molar-refractivity contribution in [1.29, 1.82) is 0 Å². The first kappa shape index (κ1) is 14.5. The first-order valence-corrected chi connectivity index (χ1v) is 6.59. The highest BCUT2D eigenvalue weighted by Crippen LogP contribution is 2.31. The minimum atomic E-state index is -0.0405. The minimum absolute atomic E-state index is 0.0405. The van der Waals surface area contributed by atoms with E-state index in [1.807, 2.05) is 0 Å². The van der Waals surface area contributed by atoms with Crippen LogP contribution in [-0.2, 0) is 4.79 Å². The third-order valence-electron chi connectivity index (χ3n) is 3.83. The summed E-state index contributed by atoms with van der Waals surface area (Å²) in [6, 6.07) is 0. The van der Waals surface area contributed by atoms with Crippen LogP contribution in [0, 0.1) is 17.3 Å². The molecule has 2 atom stereocenters. The number of aliphatic hydroxyl groups is 1. The van der Waals surface area contributed by atoms with Crippen LogP contribution < -0.4 is 11.1 Å². The van der Waals surface area contributed by atoms with Gasteiger partial charge in [0.15, 0.2) is 0 Å². The molecule has 17 heavy (non-hydrogen) atoms. The lowest BCUT2D eigenvalue weighted by atomic mass is 9.89. The van der Waals surface area contributed by atoms with Crippen LogP contribution in [0.1, 0.15) is 39.5 Å². The molecule has 0 radical (unpaired) electrons. The van der Waals surface area contributed by atoms with Gasteiger partial charge >= 0.3 is 0 Å². The van der Waals surface area contributed by atoms with Crippen LogP contribution in [0.3, 0.4) is 0 Å². The van der Waals surface area contributed by atoms with E-state index in [0.29, 0.717) is 25.4 Å². The van der Waals surface area contributed by atoms with Gasteiger partial charge in [-0.2, -0.15) is 0 Å². The number of aliphatic hydroxyl groups excluding tert-OH is 1. The monoisotopic (exact) mass is 242 g/mol. The average molecular weight is 242 g/mol. The average Bonchev–Trinajstić information content (AvgIpc) is 2.74. The maximum Gasteiger partial charge on any atom is 0.223 e. The van der Waals surface area contributed by atoms with Gasteiger partial charge in [0.05, 0.1) is 0 Å². The Bertz CT molecular complexity index is 254. The summed E-state index contributed by atoms with van der Waals surface area (Å²) in [5, 5.41) is 11.9. The molecule has 1 saturated carbocycles. The van der Waals surface area contributed by atoms with E-state index in [2.05, 4.69) is 19.2 Å². The van der Waals surface area contributed by atoms with Gasteiger partial charge < -0.3 is 16.2 Å². The largest absolute Gasteiger partial charge is 0.396 e. The second-order valence-corrected chi connectivity index (χ2v) is 5.89. The zero-order valence-corrected chi connectivity index (χ0v) is 11.0. The third-order valence-corrected chi connectivity index (χ3v) is 3.83. The van der Waals surface area contributed by atoms with Gasteiger partial charge in [0.2, 0.25) is 5.91 Å². The van der Waals surface area contributed by atoms with Crippen molar-refractivity contribution in [3.8, 4) is 0 Å². The van der Waals surface area contributed by atoms with Gasteiger partial charge in [-0.1, -0.05) is 20.3 Å². The fourth-order valence-electron chi connectivity index (χ4n) is 2.51. The third kappa shape index (κ3) is 4.28. The van der Waals surface area contributed by atoms with Crippen LogP contribution >= 0.6 is 0 Å². The van der Waals surface area contributed by atoms with Crippen LogP contribution in [0.4, 0.5) is 0 Å². The number of nitrogens with one attached hydrogen (secondary N) is 1. The summed E-state index contributed by atoms with van der Waals surface area (Å²) in [6.07, 6.45) is 3.86. The highest BCUT2D eigenvalue weighted by molar-refractivity contribution is 5.79. The van der Waals surface area contributed by atoms with Crippen LogP contribution in [0.5, 0.6) is 0 Å². The molecule has 0 heterocycles. The van der Waals surface area contributed by atoms with Gasteiger partial charge in [0.25, 0.3) is 0 Å². The standard InChI is InChI=1S/C13H26N2O2/c1-13(2,6-7-16)9-15-12(17)11-5-3-4-10(11)8-14/h10-11,16H,3-9,14H2,1-2H3,(H,15,17). The second-order valence-electron chi connectivity index (χ2n) is 5.89. The molecule has 1 rings (SSSR count). The Balaban J connectivity index is 2.39. The molecule has 0 spiro atoms. The molecular weight excluding hydrogens is 216 g/mol. The van der Waals surface area contributed by atoms with E-state index < -0.39 is 0 Å².